The van der Waals surface area contributed by atoms with Crippen LogP contribution in [0.2, 0.25) is 5.02 Å². The highest BCUT2D eigenvalue weighted by Gasteiger charge is 2.16. The van der Waals surface area contributed by atoms with Gasteiger partial charge in [-0.2, -0.15) is 0 Å². The van der Waals surface area contributed by atoms with Crippen LogP contribution in [0.4, 0.5) is 5.69 Å². The predicted molar refractivity (Wildman–Crippen MR) is 99.4 cm³/mol. The Morgan fingerprint density at radius 3 is 2.20 bits per heavy atom. The van der Waals surface area contributed by atoms with Gasteiger partial charge in [0, 0.05) is 11.3 Å². The monoisotopic (exact) mass is 363 g/mol. The molecule has 6 heteroatoms. The number of hydrogen-bond acceptors (Lipinski definition) is 4. The summed E-state index contributed by atoms with van der Waals surface area (Å²) in [5.41, 5.74) is 1.06. The summed E-state index contributed by atoms with van der Waals surface area (Å²) >= 11 is 6.25. The molecule has 0 bridgehead atoms. The van der Waals surface area contributed by atoms with Crippen LogP contribution in [0.1, 0.15) is 31.1 Å². The first-order valence-electron chi connectivity index (χ1n) is 8.22. The second-order valence-electron chi connectivity index (χ2n) is 5.06. The van der Waals surface area contributed by atoms with Crippen LogP contribution in [0.15, 0.2) is 36.4 Å². The molecule has 0 fully saturated rings. The van der Waals surface area contributed by atoms with Crippen LogP contribution in [-0.2, 0) is 0 Å². The summed E-state index contributed by atoms with van der Waals surface area (Å²) < 4.78 is 16.4. The van der Waals surface area contributed by atoms with Gasteiger partial charge >= 0.3 is 0 Å². The number of anilines is 1. The van der Waals surface area contributed by atoms with Crippen LogP contribution in [-0.4, -0.2) is 25.7 Å². The standard InChI is InChI=1S/C19H22ClNO4/c1-4-23-15-9-7-14(8-10-15)21-19(22)13-11-16(20)18(25-6-3)17(12-13)24-5-2/h7-12H,4-6H2,1-3H3,(H,21,22). The first-order chi connectivity index (χ1) is 12.1. The van der Waals surface area contributed by atoms with Crippen LogP contribution in [0.3, 0.4) is 0 Å². The molecule has 0 unspecified atom stereocenters. The molecule has 0 aliphatic heterocycles. The molecule has 0 atom stereocenters. The molecular formula is C19H22ClNO4. The van der Waals surface area contributed by atoms with E-state index in [1.807, 2.05) is 20.8 Å². The van der Waals surface area contributed by atoms with E-state index >= 15 is 0 Å². The van der Waals surface area contributed by atoms with Crippen LogP contribution in [0.5, 0.6) is 17.2 Å². The Bertz CT molecular complexity index is 716. The van der Waals surface area contributed by atoms with Crippen molar-refractivity contribution >= 4 is 23.2 Å². The maximum atomic E-state index is 12.5. The molecule has 5 nitrogen and oxygen atoms in total. The van der Waals surface area contributed by atoms with Crippen molar-refractivity contribution < 1.29 is 19.0 Å². The molecule has 134 valence electrons. The van der Waals surface area contributed by atoms with E-state index in [1.165, 1.54) is 0 Å². The van der Waals surface area contributed by atoms with Gasteiger partial charge in [-0.05, 0) is 57.2 Å². The quantitative estimate of drug-likeness (QED) is 0.732. The number of benzene rings is 2. The molecule has 2 aromatic rings. The van der Waals surface area contributed by atoms with Crippen molar-refractivity contribution in [3.05, 3.63) is 47.0 Å². The van der Waals surface area contributed by atoms with Gasteiger partial charge in [0.15, 0.2) is 11.5 Å². The number of nitrogens with one attached hydrogen (secondary N) is 1. The molecule has 1 N–H and O–H groups in total. The molecule has 0 aromatic heterocycles. The van der Waals surface area contributed by atoms with Crippen molar-refractivity contribution in [2.24, 2.45) is 0 Å². The summed E-state index contributed by atoms with van der Waals surface area (Å²) in [6, 6.07) is 10.4. The lowest BCUT2D eigenvalue weighted by Crippen LogP contribution is -2.12. The number of carbonyl (C=O) groups excluding carboxylic acids is 1. The zero-order chi connectivity index (χ0) is 18.2. The molecule has 1 amide bonds. The third kappa shape index (κ3) is 5.03. The number of amides is 1. The molecule has 0 radical (unpaired) electrons. The Morgan fingerprint density at radius 1 is 0.960 bits per heavy atom. The van der Waals surface area contributed by atoms with Crippen LogP contribution >= 0.6 is 11.6 Å². The Morgan fingerprint density at radius 2 is 1.60 bits per heavy atom. The Kier molecular flexibility index (Phi) is 6.95. The molecule has 0 aliphatic carbocycles. The van der Waals surface area contributed by atoms with Gasteiger partial charge in [-0.3, -0.25) is 4.79 Å². The number of hydrogen-bond donors (Lipinski definition) is 1. The van der Waals surface area contributed by atoms with Gasteiger partial charge in [0.2, 0.25) is 0 Å². The normalized spacial score (nSPS) is 10.2. The number of carbonyl (C=O) groups is 1. The number of halogens is 1. The van der Waals surface area contributed by atoms with Crippen molar-refractivity contribution in [1.82, 2.24) is 0 Å². The van der Waals surface area contributed by atoms with E-state index in [1.54, 1.807) is 36.4 Å². The van der Waals surface area contributed by atoms with Crippen molar-refractivity contribution in [1.29, 1.82) is 0 Å². The van der Waals surface area contributed by atoms with Crippen LogP contribution < -0.4 is 19.5 Å². The summed E-state index contributed by atoms with van der Waals surface area (Å²) in [7, 11) is 0. The largest absolute Gasteiger partial charge is 0.494 e. The third-order valence-corrected chi connectivity index (χ3v) is 3.56. The molecule has 0 saturated carbocycles. The highest BCUT2D eigenvalue weighted by molar-refractivity contribution is 6.32. The fraction of sp³-hybridized carbons (Fsp3) is 0.316. The van der Waals surface area contributed by atoms with E-state index in [4.69, 9.17) is 25.8 Å². The second kappa shape index (κ2) is 9.18. The fourth-order valence-corrected chi connectivity index (χ4v) is 2.52. The molecule has 2 rings (SSSR count). The topological polar surface area (TPSA) is 56.8 Å². The van der Waals surface area contributed by atoms with E-state index in [0.29, 0.717) is 47.6 Å². The van der Waals surface area contributed by atoms with Crippen LogP contribution in [0, 0.1) is 0 Å². The van der Waals surface area contributed by atoms with Crippen molar-refractivity contribution in [2.75, 3.05) is 25.1 Å². The number of rotatable bonds is 8. The zero-order valence-electron chi connectivity index (χ0n) is 14.6. The van der Waals surface area contributed by atoms with Gasteiger partial charge in [0.25, 0.3) is 5.91 Å². The fourth-order valence-electron chi connectivity index (χ4n) is 2.25. The van der Waals surface area contributed by atoms with Gasteiger partial charge in [0.05, 0.1) is 24.8 Å². The Hall–Kier alpha value is -2.40. The van der Waals surface area contributed by atoms with Crippen molar-refractivity contribution in [3.63, 3.8) is 0 Å². The maximum Gasteiger partial charge on any atom is 0.255 e. The molecule has 0 spiro atoms. The first kappa shape index (κ1) is 18.9. The van der Waals surface area contributed by atoms with E-state index in [-0.39, 0.29) is 5.91 Å². The summed E-state index contributed by atoms with van der Waals surface area (Å²) in [5.74, 6) is 1.37. The summed E-state index contributed by atoms with van der Waals surface area (Å²) in [6.45, 7) is 7.13. The summed E-state index contributed by atoms with van der Waals surface area (Å²) in [6.07, 6.45) is 0. The average Bonchev–Trinajstić information content (AvgIpc) is 2.60. The minimum Gasteiger partial charge on any atom is -0.494 e. The van der Waals surface area contributed by atoms with Gasteiger partial charge in [-0.25, -0.2) is 0 Å². The Labute approximate surface area is 152 Å². The van der Waals surface area contributed by atoms with Crippen LogP contribution in [0.25, 0.3) is 0 Å². The highest BCUT2D eigenvalue weighted by Crippen LogP contribution is 2.37. The molecule has 0 aliphatic rings. The lowest BCUT2D eigenvalue weighted by atomic mass is 10.1. The SMILES string of the molecule is CCOc1ccc(NC(=O)c2cc(Cl)c(OCC)c(OCC)c2)cc1. The van der Waals surface area contributed by atoms with E-state index in [0.717, 1.165) is 5.75 Å². The lowest BCUT2D eigenvalue weighted by Gasteiger charge is -2.14. The van der Waals surface area contributed by atoms with Crippen molar-refractivity contribution in [3.8, 4) is 17.2 Å². The molecule has 2 aromatic carbocycles. The van der Waals surface area contributed by atoms with E-state index in [9.17, 15) is 4.79 Å². The molecule has 0 saturated heterocycles. The molecule has 25 heavy (non-hydrogen) atoms. The predicted octanol–water partition coefficient (Wildman–Crippen LogP) is 4.79. The van der Waals surface area contributed by atoms with E-state index < -0.39 is 0 Å². The molecular weight excluding hydrogens is 342 g/mol. The third-order valence-electron chi connectivity index (χ3n) is 3.28. The van der Waals surface area contributed by atoms with Gasteiger partial charge in [-0.1, -0.05) is 11.6 Å². The van der Waals surface area contributed by atoms with E-state index in [2.05, 4.69) is 5.32 Å². The highest BCUT2D eigenvalue weighted by atomic mass is 35.5. The lowest BCUT2D eigenvalue weighted by molar-refractivity contribution is 0.102. The zero-order valence-corrected chi connectivity index (χ0v) is 15.4. The average molecular weight is 364 g/mol. The first-order valence-corrected chi connectivity index (χ1v) is 8.60. The maximum absolute atomic E-state index is 12.5. The Balaban J connectivity index is 2.20. The van der Waals surface area contributed by atoms with Gasteiger partial charge < -0.3 is 19.5 Å². The summed E-state index contributed by atoms with van der Waals surface area (Å²) in [5, 5.41) is 3.16. The minimum atomic E-state index is -0.282. The second-order valence-corrected chi connectivity index (χ2v) is 5.47. The summed E-state index contributed by atoms with van der Waals surface area (Å²) in [4.78, 5) is 12.5. The smallest absolute Gasteiger partial charge is 0.255 e. The number of ether oxygens (including phenoxy) is 3. The van der Waals surface area contributed by atoms with Gasteiger partial charge in [-0.15, -0.1) is 0 Å². The minimum absolute atomic E-state index is 0.282. The van der Waals surface area contributed by atoms with Gasteiger partial charge in [0.1, 0.15) is 5.75 Å². The molecule has 0 heterocycles. The van der Waals surface area contributed by atoms with Crippen molar-refractivity contribution in [2.45, 2.75) is 20.8 Å².